The molecule has 0 N–H and O–H groups in total. The Hall–Kier alpha value is -2.36. The zero-order valence-corrected chi connectivity index (χ0v) is 10.7. The molecule has 0 saturated heterocycles. The van der Waals surface area contributed by atoms with Crippen LogP contribution in [0.1, 0.15) is 24.2 Å². The summed E-state index contributed by atoms with van der Waals surface area (Å²) in [7, 11) is 0. The van der Waals surface area contributed by atoms with Crippen LogP contribution in [0.5, 0.6) is 0 Å². The minimum Gasteiger partial charge on any atom is -0.429 e. The van der Waals surface area contributed by atoms with Crippen LogP contribution < -0.4 is 0 Å². The molecule has 1 aromatic heterocycles. The van der Waals surface area contributed by atoms with E-state index in [2.05, 4.69) is 4.98 Å². The molecule has 0 bridgehead atoms. The Morgan fingerprint density at radius 1 is 1.21 bits per heavy atom. The normalized spacial score (nSPS) is 11.6. The van der Waals surface area contributed by atoms with Crippen molar-refractivity contribution >= 4 is 6.16 Å². The number of carbonyl (C=O) groups excluding carboxylic acids is 1. The van der Waals surface area contributed by atoms with Gasteiger partial charge in [-0.05, 0) is 18.6 Å². The summed E-state index contributed by atoms with van der Waals surface area (Å²) >= 11 is 0. The second-order valence-corrected chi connectivity index (χ2v) is 4.07. The molecule has 4 nitrogen and oxygen atoms in total. The lowest BCUT2D eigenvalue weighted by atomic mass is 10.1. The summed E-state index contributed by atoms with van der Waals surface area (Å²) in [4.78, 5) is 15.5. The first kappa shape index (κ1) is 13.1. The fourth-order valence-corrected chi connectivity index (χ4v) is 1.60. The third-order valence-corrected chi connectivity index (χ3v) is 2.62. The number of benzene rings is 1. The number of hydrogen-bond donors (Lipinski definition) is 0. The lowest BCUT2D eigenvalue weighted by Gasteiger charge is -2.13. The second kappa shape index (κ2) is 6.54. The fraction of sp³-hybridized carbons (Fsp3) is 0.200. The van der Waals surface area contributed by atoms with Crippen LogP contribution in [0.4, 0.5) is 4.79 Å². The van der Waals surface area contributed by atoms with Gasteiger partial charge in [-0.2, -0.15) is 0 Å². The van der Waals surface area contributed by atoms with Gasteiger partial charge in [0.1, 0.15) is 12.7 Å². The number of nitrogens with zero attached hydrogens (tertiary/aromatic N) is 1. The maximum absolute atomic E-state index is 11.5. The van der Waals surface area contributed by atoms with Crippen molar-refractivity contribution in [2.24, 2.45) is 0 Å². The number of ether oxygens (including phenoxy) is 2. The van der Waals surface area contributed by atoms with E-state index < -0.39 is 6.16 Å². The number of hydrogen-bond acceptors (Lipinski definition) is 4. The SMILES string of the molecule is CC(OC(=O)OCc1cccnc1)c1ccccc1. The molecule has 1 unspecified atom stereocenters. The Morgan fingerprint density at radius 2 is 2.00 bits per heavy atom. The molecular weight excluding hydrogens is 242 g/mol. The van der Waals surface area contributed by atoms with Gasteiger partial charge < -0.3 is 9.47 Å². The van der Waals surface area contributed by atoms with E-state index >= 15 is 0 Å². The van der Waals surface area contributed by atoms with Crippen molar-refractivity contribution in [3.05, 3.63) is 66.0 Å². The van der Waals surface area contributed by atoms with E-state index in [1.807, 2.05) is 36.4 Å². The van der Waals surface area contributed by atoms with E-state index in [0.29, 0.717) is 0 Å². The monoisotopic (exact) mass is 257 g/mol. The van der Waals surface area contributed by atoms with Crippen LogP contribution in [0.2, 0.25) is 0 Å². The highest BCUT2D eigenvalue weighted by Crippen LogP contribution is 2.16. The summed E-state index contributed by atoms with van der Waals surface area (Å²) in [6.07, 6.45) is 2.30. The van der Waals surface area contributed by atoms with Crippen LogP contribution in [-0.2, 0) is 16.1 Å². The number of carbonyl (C=O) groups is 1. The van der Waals surface area contributed by atoms with Gasteiger partial charge in [0.25, 0.3) is 0 Å². The summed E-state index contributed by atoms with van der Waals surface area (Å²) < 4.78 is 10.2. The number of pyridine rings is 1. The van der Waals surface area contributed by atoms with Gasteiger partial charge in [-0.25, -0.2) is 4.79 Å². The Kier molecular flexibility index (Phi) is 4.50. The van der Waals surface area contributed by atoms with Gasteiger partial charge in [0.15, 0.2) is 0 Å². The van der Waals surface area contributed by atoms with Crippen LogP contribution >= 0.6 is 0 Å². The van der Waals surface area contributed by atoms with Crippen LogP contribution in [0, 0.1) is 0 Å². The van der Waals surface area contributed by atoms with Crippen LogP contribution in [0.3, 0.4) is 0 Å². The third kappa shape index (κ3) is 4.10. The Morgan fingerprint density at radius 3 is 2.68 bits per heavy atom. The molecule has 1 heterocycles. The molecule has 98 valence electrons. The first-order valence-electron chi connectivity index (χ1n) is 6.03. The van der Waals surface area contributed by atoms with Gasteiger partial charge in [0.2, 0.25) is 0 Å². The van der Waals surface area contributed by atoms with E-state index in [-0.39, 0.29) is 12.7 Å². The standard InChI is InChI=1S/C15H15NO3/c1-12(14-7-3-2-4-8-14)19-15(17)18-11-13-6-5-9-16-10-13/h2-10,12H,11H2,1H3. The Balaban J connectivity index is 1.82. The molecule has 2 rings (SSSR count). The molecule has 0 aliphatic rings. The third-order valence-electron chi connectivity index (χ3n) is 2.62. The molecule has 4 heteroatoms. The van der Waals surface area contributed by atoms with Gasteiger partial charge >= 0.3 is 6.16 Å². The predicted octanol–water partition coefficient (Wildman–Crippen LogP) is 3.50. The van der Waals surface area contributed by atoms with Gasteiger partial charge in [0.05, 0.1) is 0 Å². The van der Waals surface area contributed by atoms with E-state index in [1.54, 1.807) is 25.4 Å². The lowest BCUT2D eigenvalue weighted by molar-refractivity contribution is 0.0239. The summed E-state index contributed by atoms with van der Waals surface area (Å²) in [6.45, 7) is 1.97. The molecule has 0 saturated carbocycles. The van der Waals surface area contributed by atoms with Gasteiger partial charge in [-0.15, -0.1) is 0 Å². The van der Waals surface area contributed by atoms with Crippen molar-refractivity contribution in [3.8, 4) is 0 Å². The zero-order valence-electron chi connectivity index (χ0n) is 10.7. The lowest BCUT2D eigenvalue weighted by Crippen LogP contribution is -2.10. The summed E-state index contributed by atoms with van der Waals surface area (Å²) in [6, 6.07) is 13.1. The topological polar surface area (TPSA) is 48.4 Å². The molecule has 0 amide bonds. The molecule has 0 radical (unpaired) electrons. The first-order valence-corrected chi connectivity index (χ1v) is 6.03. The summed E-state index contributed by atoms with van der Waals surface area (Å²) in [5.41, 5.74) is 1.76. The first-order chi connectivity index (χ1) is 9.25. The van der Waals surface area contributed by atoms with Gasteiger partial charge in [-0.3, -0.25) is 4.98 Å². The number of aromatic nitrogens is 1. The van der Waals surface area contributed by atoms with Crippen molar-refractivity contribution in [1.29, 1.82) is 0 Å². The molecule has 0 spiro atoms. The van der Waals surface area contributed by atoms with Crippen molar-refractivity contribution in [2.45, 2.75) is 19.6 Å². The van der Waals surface area contributed by atoms with Crippen molar-refractivity contribution in [2.75, 3.05) is 0 Å². The van der Waals surface area contributed by atoms with Crippen molar-refractivity contribution in [3.63, 3.8) is 0 Å². The van der Waals surface area contributed by atoms with Crippen LogP contribution in [0.15, 0.2) is 54.9 Å². The molecule has 1 atom stereocenters. The van der Waals surface area contributed by atoms with E-state index in [1.165, 1.54) is 0 Å². The Labute approximate surface area is 112 Å². The maximum atomic E-state index is 11.5. The number of rotatable bonds is 4. The van der Waals surface area contributed by atoms with E-state index in [4.69, 9.17) is 9.47 Å². The van der Waals surface area contributed by atoms with Crippen molar-refractivity contribution in [1.82, 2.24) is 4.98 Å². The molecule has 0 fully saturated rings. The average Bonchev–Trinajstić information content (AvgIpc) is 2.47. The molecule has 1 aromatic carbocycles. The summed E-state index contributed by atoms with van der Waals surface area (Å²) in [5.74, 6) is 0. The van der Waals surface area contributed by atoms with Crippen LogP contribution in [0.25, 0.3) is 0 Å². The highest BCUT2D eigenvalue weighted by molar-refractivity contribution is 5.60. The van der Waals surface area contributed by atoms with Crippen molar-refractivity contribution < 1.29 is 14.3 Å². The quantitative estimate of drug-likeness (QED) is 0.786. The summed E-state index contributed by atoms with van der Waals surface area (Å²) in [5, 5.41) is 0. The van der Waals surface area contributed by atoms with Gasteiger partial charge in [-0.1, -0.05) is 36.4 Å². The largest absolute Gasteiger partial charge is 0.509 e. The zero-order chi connectivity index (χ0) is 13.5. The highest BCUT2D eigenvalue weighted by atomic mass is 16.7. The predicted molar refractivity (Wildman–Crippen MR) is 70.4 cm³/mol. The average molecular weight is 257 g/mol. The highest BCUT2D eigenvalue weighted by Gasteiger charge is 2.12. The molecule has 2 aromatic rings. The molecule has 0 aliphatic carbocycles. The molecule has 0 aliphatic heterocycles. The minimum atomic E-state index is -0.680. The van der Waals surface area contributed by atoms with Gasteiger partial charge in [0, 0.05) is 18.0 Å². The van der Waals surface area contributed by atoms with E-state index in [0.717, 1.165) is 11.1 Å². The van der Waals surface area contributed by atoms with Crippen LogP contribution in [-0.4, -0.2) is 11.1 Å². The fourth-order valence-electron chi connectivity index (χ4n) is 1.60. The minimum absolute atomic E-state index is 0.161. The van der Waals surface area contributed by atoms with E-state index in [9.17, 15) is 4.79 Å². The maximum Gasteiger partial charge on any atom is 0.509 e. The smallest absolute Gasteiger partial charge is 0.429 e. The Bertz CT molecular complexity index is 513. The second-order valence-electron chi connectivity index (χ2n) is 4.07. The molecule has 19 heavy (non-hydrogen) atoms. The molecular formula is C15H15NO3.